The van der Waals surface area contributed by atoms with Gasteiger partial charge in [-0.1, -0.05) is 0 Å². The fraction of sp³-hybridized carbons (Fsp3) is 0.700. The van der Waals surface area contributed by atoms with E-state index in [1.54, 1.807) is 0 Å². The van der Waals surface area contributed by atoms with Crippen LogP contribution in [0.1, 0.15) is 34.6 Å². The molecule has 5 nitrogen and oxygen atoms in total. The SMILES string of the molecule is CCO[SiH](OCC)OC(C)=C(C)C.N=C=O. The Balaban J connectivity index is 0. The van der Waals surface area contributed by atoms with Gasteiger partial charge in [-0.05, 0) is 40.2 Å². The minimum absolute atomic E-state index is 0.646. The molecule has 16 heavy (non-hydrogen) atoms. The lowest BCUT2D eigenvalue weighted by Crippen LogP contribution is -2.26. The monoisotopic (exact) mass is 247 g/mol. The predicted molar refractivity (Wildman–Crippen MR) is 63.9 cm³/mol. The van der Waals surface area contributed by atoms with Gasteiger partial charge in [0.15, 0.2) is 0 Å². The second kappa shape index (κ2) is 12.1. The number of carbonyl (C=O) groups excluding carboxylic acids is 1. The molecule has 0 aliphatic heterocycles. The number of nitrogens with one attached hydrogen (secondary N) is 1. The van der Waals surface area contributed by atoms with E-state index in [2.05, 4.69) is 0 Å². The molecule has 6 heteroatoms. The van der Waals surface area contributed by atoms with E-state index in [1.807, 2.05) is 34.6 Å². The third-order valence-electron chi connectivity index (χ3n) is 1.58. The van der Waals surface area contributed by atoms with E-state index in [-0.39, 0.29) is 0 Å². The van der Waals surface area contributed by atoms with Crippen molar-refractivity contribution in [1.29, 1.82) is 5.41 Å². The Morgan fingerprint density at radius 3 is 1.81 bits per heavy atom. The largest absolute Gasteiger partial charge is 0.549 e. The number of allylic oxidation sites excluding steroid dienone is 2. The van der Waals surface area contributed by atoms with Crippen molar-refractivity contribution in [3.63, 3.8) is 0 Å². The van der Waals surface area contributed by atoms with E-state index < -0.39 is 9.53 Å². The summed E-state index contributed by atoms with van der Waals surface area (Å²) >= 11 is 0. The molecular weight excluding hydrogens is 226 g/mol. The van der Waals surface area contributed by atoms with Gasteiger partial charge in [-0.25, -0.2) is 10.2 Å². The third kappa shape index (κ3) is 11.1. The maximum absolute atomic E-state index is 8.35. The Labute approximate surface area is 98.9 Å². The number of isocyanates is 1. The van der Waals surface area contributed by atoms with Crippen LogP contribution in [0.5, 0.6) is 0 Å². The summed E-state index contributed by atoms with van der Waals surface area (Å²) in [5, 5.41) is 5.40. The summed E-state index contributed by atoms with van der Waals surface area (Å²) in [5.74, 6) is 0.915. The highest BCUT2D eigenvalue weighted by Crippen LogP contribution is 2.06. The number of rotatable bonds is 6. The fourth-order valence-corrected chi connectivity index (χ4v) is 1.95. The summed E-state index contributed by atoms with van der Waals surface area (Å²) < 4.78 is 16.3. The second-order valence-corrected chi connectivity index (χ2v) is 4.46. The molecular formula is C10H21NO4Si. The van der Waals surface area contributed by atoms with Gasteiger partial charge < -0.3 is 13.3 Å². The molecule has 0 fully saturated rings. The van der Waals surface area contributed by atoms with E-state index in [0.29, 0.717) is 13.2 Å². The van der Waals surface area contributed by atoms with Crippen LogP contribution < -0.4 is 0 Å². The minimum atomic E-state index is -1.91. The van der Waals surface area contributed by atoms with Crippen LogP contribution in [0.2, 0.25) is 0 Å². The van der Waals surface area contributed by atoms with Gasteiger partial charge in [0.2, 0.25) is 6.08 Å². The van der Waals surface area contributed by atoms with Crippen molar-refractivity contribution >= 4 is 15.6 Å². The van der Waals surface area contributed by atoms with Crippen LogP contribution in [-0.4, -0.2) is 28.8 Å². The highest BCUT2D eigenvalue weighted by molar-refractivity contribution is 6.36. The molecule has 0 spiro atoms. The molecule has 94 valence electrons. The molecule has 0 amide bonds. The van der Waals surface area contributed by atoms with Crippen molar-refractivity contribution in [2.75, 3.05) is 13.2 Å². The summed E-state index contributed by atoms with van der Waals surface area (Å²) in [6.45, 7) is 11.1. The summed E-state index contributed by atoms with van der Waals surface area (Å²) in [6, 6.07) is 0. The van der Waals surface area contributed by atoms with E-state index in [4.69, 9.17) is 23.5 Å². The lowest BCUT2D eigenvalue weighted by molar-refractivity contribution is 0.127. The molecule has 0 bridgehead atoms. The Bertz CT molecular complexity index is 227. The Hall–Kier alpha value is -0.943. The zero-order valence-electron chi connectivity index (χ0n) is 10.6. The fourth-order valence-electron chi connectivity index (χ4n) is 0.651. The molecule has 1 N–H and O–H groups in total. The molecule has 0 aliphatic carbocycles. The number of hydrogen-bond donors (Lipinski definition) is 1. The average molecular weight is 247 g/mol. The van der Waals surface area contributed by atoms with Gasteiger partial charge in [-0.15, -0.1) is 0 Å². The summed E-state index contributed by atoms with van der Waals surface area (Å²) in [4.78, 5) is 8.35. The van der Waals surface area contributed by atoms with Crippen molar-refractivity contribution in [3.05, 3.63) is 11.3 Å². The molecule has 0 atom stereocenters. The Morgan fingerprint density at radius 1 is 1.19 bits per heavy atom. The molecule has 0 saturated heterocycles. The molecule has 0 heterocycles. The van der Waals surface area contributed by atoms with E-state index in [0.717, 1.165) is 17.4 Å². The quantitative estimate of drug-likeness (QED) is 0.337. The van der Waals surface area contributed by atoms with Crippen molar-refractivity contribution in [2.24, 2.45) is 0 Å². The lowest BCUT2D eigenvalue weighted by atomic mass is 10.3. The Morgan fingerprint density at radius 2 is 1.56 bits per heavy atom. The zero-order chi connectivity index (χ0) is 13.0. The summed E-state index contributed by atoms with van der Waals surface area (Å²) in [5.41, 5.74) is 1.16. The van der Waals surface area contributed by atoms with Crippen LogP contribution in [0.4, 0.5) is 0 Å². The highest BCUT2D eigenvalue weighted by Gasteiger charge is 2.15. The third-order valence-corrected chi connectivity index (χ3v) is 3.34. The van der Waals surface area contributed by atoms with Crippen molar-refractivity contribution in [1.82, 2.24) is 0 Å². The van der Waals surface area contributed by atoms with Crippen LogP contribution in [0.3, 0.4) is 0 Å². The van der Waals surface area contributed by atoms with Crippen LogP contribution in [0.15, 0.2) is 11.3 Å². The molecule has 0 aromatic heterocycles. The normalized spacial score (nSPS) is 8.88. The molecule has 0 aliphatic rings. The van der Waals surface area contributed by atoms with Crippen LogP contribution >= 0.6 is 0 Å². The van der Waals surface area contributed by atoms with E-state index >= 15 is 0 Å². The smallest absolute Gasteiger partial charge is 0.507 e. The summed E-state index contributed by atoms with van der Waals surface area (Å²) in [7, 11) is -1.91. The van der Waals surface area contributed by atoms with E-state index in [1.165, 1.54) is 0 Å². The molecule has 0 aromatic carbocycles. The van der Waals surface area contributed by atoms with Crippen LogP contribution in [0, 0.1) is 5.41 Å². The van der Waals surface area contributed by atoms with Gasteiger partial charge >= 0.3 is 9.53 Å². The second-order valence-electron chi connectivity index (χ2n) is 2.98. The van der Waals surface area contributed by atoms with Gasteiger partial charge in [0.1, 0.15) is 0 Å². The highest BCUT2D eigenvalue weighted by atomic mass is 28.3. The standard InChI is InChI=1S/C9H20O3Si.CHNO/c1-6-10-13(11-7-2)12-9(5)8(3)4;2-1-3/h13H,6-7H2,1-5H3;2H. The van der Waals surface area contributed by atoms with Gasteiger partial charge in [-0.3, -0.25) is 0 Å². The maximum atomic E-state index is 8.35. The maximum Gasteiger partial charge on any atom is 0.549 e. The predicted octanol–water partition coefficient (Wildman–Crippen LogP) is 2.01. The van der Waals surface area contributed by atoms with Gasteiger partial charge in [0, 0.05) is 13.2 Å². The number of hydrogen-bond acceptors (Lipinski definition) is 5. The van der Waals surface area contributed by atoms with Crippen molar-refractivity contribution in [2.45, 2.75) is 34.6 Å². The zero-order valence-corrected chi connectivity index (χ0v) is 11.8. The van der Waals surface area contributed by atoms with Crippen molar-refractivity contribution < 1.29 is 18.1 Å². The average Bonchev–Trinajstić information content (AvgIpc) is 2.19. The first kappa shape index (κ1) is 17.5. The van der Waals surface area contributed by atoms with Crippen molar-refractivity contribution in [3.8, 4) is 0 Å². The van der Waals surface area contributed by atoms with Crippen LogP contribution in [-0.2, 0) is 18.1 Å². The van der Waals surface area contributed by atoms with Gasteiger partial charge in [0.05, 0.1) is 5.76 Å². The first-order valence-electron chi connectivity index (χ1n) is 5.11. The molecule has 0 radical (unpaired) electrons. The molecule has 0 rings (SSSR count). The molecule has 0 saturated carbocycles. The van der Waals surface area contributed by atoms with Crippen LogP contribution in [0.25, 0.3) is 0 Å². The van der Waals surface area contributed by atoms with Gasteiger partial charge in [-0.2, -0.15) is 0 Å². The molecule has 0 aromatic rings. The Kier molecular flexibility index (Phi) is 13.2. The van der Waals surface area contributed by atoms with Gasteiger partial charge in [0.25, 0.3) is 0 Å². The van der Waals surface area contributed by atoms with E-state index in [9.17, 15) is 0 Å². The molecule has 0 unspecified atom stereocenters. The lowest BCUT2D eigenvalue weighted by Gasteiger charge is -2.17. The first-order valence-corrected chi connectivity index (χ1v) is 6.52. The summed E-state index contributed by atoms with van der Waals surface area (Å²) in [6.07, 6.45) is 0.750. The first-order chi connectivity index (χ1) is 7.53. The topological polar surface area (TPSA) is 68.6 Å². The minimum Gasteiger partial charge on any atom is -0.507 e.